The van der Waals surface area contributed by atoms with Crippen molar-refractivity contribution in [3.8, 4) is 0 Å². The predicted molar refractivity (Wildman–Crippen MR) is 231 cm³/mol. The summed E-state index contributed by atoms with van der Waals surface area (Å²) < 4.78 is 0. The Labute approximate surface area is 326 Å². The van der Waals surface area contributed by atoms with Gasteiger partial charge in [0.1, 0.15) is 0 Å². The fourth-order valence-electron chi connectivity index (χ4n) is 7.01. The van der Waals surface area contributed by atoms with Gasteiger partial charge >= 0.3 is 0 Å². The Balaban J connectivity index is 3.29. The molecular formula is C48H92N2O2. The zero-order chi connectivity index (χ0) is 37.7. The van der Waals surface area contributed by atoms with Gasteiger partial charge in [0.25, 0.3) is 0 Å². The van der Waals surface area contributed by atoms with Gasteiger partial charge in [-0.25, -0.2) is 0 Å². The maximum absolute atomic E-state index is 12.1. The maximum Gasteiger partial charge on any atom is 0.219 e. The molecule has 306 valence electrons. The normalized spacial score (nSPS) is 11.7. The van der Waals surface area contributed by atoms with E-state index in [4.69, 9.17) is 0 Å². The van der Waals surface area contributed by atoms with Crippen LogP contribution < -0.4 is 10.6 Å². The number of nitrogens with one attached hydrogen (secondary N) is 2. The zero-order valence-corrected chi connectivity index (χ0v) is 35.4. The van der Waals surface area contributed by atoms with Crippen molar-refractivity contribution in [2.75, 3.05) is 13.1 Å². The Kier molecular flexibility index (Phi) is 44.2. The number of carbonyl (C=O) groups is 2. The number of rotatable bonds is 43. The summed E-state index contributed by atoms with van der Waals surface area (Å²) in [6, 6.07) is 0. The predicted octanol–water partition coefficient (Wildman–Crippen LogP) is 15.2. The highest BCUT2D eigenvalue weighted by atomic mass is 16.2. The van der Waals surface area contributed by atoms with Crippen molar-refractivity contribution in [3.63, 3.8) is 0 Å². The van der Waals surface area contributed by atoms with Crippen LogP contribution in [-0.4, -0.2) is 24.9 Å². The molecule has 4 nitrogen and oxygen atoms in total. The molecule has 0 spiro atoms. The Morgan fingerprint density at radius 3 is 0.808 bits per heavy atom. The molecule has 0 aliphatic carbocycles. The highest BCUT2D eigenvalue weighted by Crippen LogP contribution is 2.14. The molecule has 52 heavy (non-hydrogen) atoms. The summed E-state index contributed by atoms with van der Waals surface area (Å²) in [5.41, 5.74) is 0. The van der Waals surface area contributed by atoms with Crippen LogP contribution in [0.2, 0.25) is 0 Å². The molecule has 0 unspecified atom stereocenters. The maximum atomic E-state index is 12.1. The molecule has 0 aromatic heterocycles. The van der Waals surface area contributed by atoms with E-state index in [1.54, 1.807) is 0 Å². The van der Waals surface area contributed by atoms with Crippen molar-refractivity contribution >= 4 is 11.8 Å². The summed E-state index contributed by atoms with van der Waals surface area (Å²) in [6.07, 6.45) is 57.6. The summed E-state index contributed by atoms with van der Waals surface area (Å²) in [5, 5.41) is 6.12. The van der Waals surface area contributed by atoms with Gasteiger partial charge in [0.15, 0.2) is 0 Å². The fourth-order valence-corrected chi connectivity index (χ4v) is 7.01. The zero-order valence-electron chi connectivity index (χ0n) is 35.4. The number of allylic oxidation sites excluding steroid dienone is 4. The van der Waals surface area contributed by atoms with E-state index in [9.17, 15) is 9.59 Å². The monoisotopic (exact) mass is 729 g/mol. The molecule has 4 heteroatoms. The van der Waals surface area contributed by atoms with Crippen molar-refractivity contribution in [1.82, 2.24) is 10.6 Å². The number of amides is 2. The van der Waals surface area contributed by atoms with E-state index >= 15 is 0 Å². The van der Waals surface area contributed by atoms with E-state index in [1.165, 1.54) is 205 Å². The second kappa shape index (κ2) is 45.6. The van der Waals surface area contributed by atoms with E-state index < -0.39 is 0 Å². The molecule has 0 aromatic carbocycles. The Hall–Kier alpha value is -1.58. The molecule has 0 saturated carbocycles. The molecule has 0 bridgehead atoms. The molecule has 0 heterocycles. The van der Waals surface area contributed by atoms with Crippen LogP contribution in [0.4, 0.5) is 0 Å². The van der Waals surface area contributed by atoms with E-state index in [1.807, 2.05) is 0 Å². The van der Waals surface area contributed by atoms with E-state index in [0.29, 0.717) is 12.8 Å². The summed E-state index contributed by atoms with van der Waals surface area (Å²) >= 11 is 0. The molecule has 0 aliphatic heterocycles. The van der Waals surface area contributed by atoms with Crippen LogP contribution >= 0.6 is 0 Å². The lowest BCUT2D eigenvalue weighted by molar-refractivity contribution is -0.122. The third-order valence-electron chi connectivity index (χ3n) is 10.6. The minimum Gasteiger partial charge on any atom is -0.356 e. The topological polar surface area (TPSA) is 58.2 Å². The molecule has 0 fully saturated rings. The lowest BCUT2D eigenvalue weighted by Crippen LogP contribution is -2.27. The highest BCUT2D eigenvalue weighted by Gasteiger charge is 2.03. The van der Waals surface area contributed by atoms with Crippen LogP contribution in [0.25, 0.3) is 0 Å². The Morgan fingerprint density at radius 2 is 0.538 bits per heavy atom. The minimum absolute atomic E-state index is 0.187. The van der Waals surface area contributed by atoms with E-state index in [0.717, 1.165) is 38.8 Å². The number of hydrogen-bond acceptors (Lipinski definition) is 2. The van der Waals surface area contributed by atoms with Gasteiger partial charge < -0.3 is 10.6 Å². The summed E-state index contributed by atoms with van der Waals surface area (Å²) in [6.45, 7) is 6.01. The quantitative estimate of drug-likeness (QED) is 0.0485. The van der Waals surface area contributed by atoms with Crippen LogP contribution in [0, 0.1) is 0 Å². The average molecular weight is 729 g/mol. The van der Waals surface area contributed by atoms with Gasteiger partial charge in [0.2, 0.25) is 11.8 Å². The molecule has 0 atom stereocenters. The summed E-state index contributed by atoms with van der Waals surface area (Å²) in [7, 11) is 0. The smallest absolute Gasteiger partial charge is 0.219 e. The van der Waals surface area contributed by atoms with Crippen LogP contribution in [0.1, 0.15) is 258 Å². The number of carbonyl (C=O) groups excluding carboxylic acids is 2. The molecule has 0 aliphatic rings. The van der Waals surface area contributed by atoms with Crippen LogP contribution in [0.3, 0.4) is 0 Å². The first-order chi connectivity index (χ1) is 25.7. The minimum atomic E-state index is 0.187. The van der Waals surface area contributed by atoms with Gasteiger partial charge in [-0.15, -0.1) is 0 Å². The van der Waals surface area contributed by atoms with Crippen LogP contribution in [-0.2, 0) is 9.59 Å². The average Bonchev–Trinajstić information content (AvgIpc) is 3.14. The lowest BCUT2D eigenvalue weighted by Gasteiger charge is -2.07. The Morgan fingerprint density at radius 1 is 0.308 bits per heavy atom. The van der Waals surface area contributed by atoms with Crippen molar-refractivity contribution in [2.24, 2.45) is 0 Å². The van der Waals surface area contributed by atoms with Gasteiger partial charge in [0, 0.05) is 25.9 Å². The third kappa shape index (κ3) is 44.6. The summed E-state index contributed by atoms with van der Waals surface area (Å²) in [4.78, 5) is 24.3. The van der Waals surface area contributed by atoms with Crippen LogP contribution in [0.5, 0.6) is 0 Å². The van der Waals surface area contributed by atoms with Crippen molar-refractivity contribution in [1.29, 1.82) is 0 Å². The number of hydrogen-bond donors (Lipinski definition) is 2. The SMILES string of the molecule is CCCCCCCCC=CCCCCCCCCCCCC(=O)NCCCCNC(=O)CCCCCCCCCCCC=CCCCCCCCC. The molecule has 2 N–H and O–H groups in total. The standard InChI is InChI=1S/C48H92N2O2/c1-3-5-7-9-11-13-15-17-19-21-23-25-27-29-31-33-35-37-39-43-47(51)49-45-41-42-46-50-48(52)44-40-38-36-34-32-30-28-26-24-22-20-18-16-14-12-10-8-6-4-2/h17-20H,3-16,21-46H2,1-2H3,(H,49,51)(H,50,52). The fraction of sp³-hybridized carbons (Fsp3) is 0.875. The molecule has 0 aromatic rings. The molecule has 2 amide bonds. The van der Waals surface area contributed by atoms with Gasteiger partial charge in [-0.2, -0.15) is 0 Å². The second-order valence-electron chi connectivity index (χ2n) is 15.9. The molecular weight excluding hydrogens is 637 g/mol. The molecule has 0 rings (SSSR count). The Bertz CT molecular complexity index is 712. The number of unbranched alkanes of at least 4 members (excludes halogenated alkanes) is 31. The lowest BCUT2D eigenvalue weighted by atomic mass is 10.1. The van der Waals surface area contributed by atoms with Crippen molar-refractivity contribution in [3.05, 3.63) is 24.3 Å². The third-order valence-corrected chi connectivity index (χ3v) is 10.6. The van der Waals surface area contributed by atoms with E-state index in [2.05, 4.69) is 48.8 Å². The van der Waals surface area contributed by atoms with Crippen molar-refractivity contribution in [2.45, 2.75) is 258 Å². The highest BCUT2D eigenvalue weighted by molar-refractivity contribution is 5.76. The first-order valence-corrected chi connectivity index (χ1v) is 23.5. The van der Waals surface area contributed by atoms with Gasteiger partial charge in [0.05, 0.1) is 0 Å². The first-order valence-electron chi connectivity index (χ1n) is 23.5. The van der Waals surface area contributed by atoms with E-state index in [-0.39, 0.29) is 11.8 Å². The second-order valence-corrected chi connectivity index (χ2v) is 15.9. The summed E-state index contributed by atoms with van der Waals surface area (Å²) in [5.74, 6) is 0.374. The van der Waals surface area contributed by atoms with Crippen LogP contribution in [0.15, 0.2) is 24.3 Å². The first kappa shape index (κ1) is 50.4. The molecule has 0 saturated heterocycles. The van der Waals surface area contributed by atoms with Gasteiger partial charge in [-0.1, -0.05) is 192 Å². The van der Waals surface area contributed by atoms with Gasteiger partial charge in [-0.3, -0.25) is 9.59 Å². The molecule has 0 radical (unpaired) electrons. The largest absolute Gasteiger partial charge is 0.356 e. The van der Waals surface area contributed by atoms with Crippen molar-refractivity contribution < 1.29 is 9.59 Å². The van der Waals surface area contributed by atoms with Gasteiger partial charge in [-0.05, 0) is 77.0 Å².